The average molecular weight is 225 g/mol. The second kappa shape index (κ2) is 3.22. The van der Waals surface area contributed by atoms with Crippen LogP contribution < -0.4 is 5.73 Å². The molecule has 0 saturated carbocycles. The van der Waals surface area contributed by atoms with Crippen LogP contribution in [0.3, 0.4) is 0 Å². The molecule has 1 unspecified atom stereocenters. The van der Waals surface area contributed by atoms with Crippen molar-refractivity contribution in [3.05, 3.63) is 28.8 Å². The molecule has 0 fully saturated rings. The van der Waals surface area contributed by atoms with Gasteiger partial charge in [-0.3, -0.25) is 0 Å². The summed E-state index contributed by atoms with van der Waals surface area (Å²) < 4.78 is 0. The molecule has 1 atom stereocenters. The lowest BCUT2D eigenvalue weighted by molar-refractivity contribution is 0.0637. The Morgan fingerprint density at radius 1 is 1.47 bits per heavy atom. The monoisotopic (exact) mass is 224 g/mol. The second-order valence-electron chi connectivity index (χ2n) is 4.05. The summed E-state index contributed by atoms with van der Waals surface area (Å²) in [5.74, 6) is 0.156. The molecular weight excluding hydrogens is 212 g/mol. The number of hydrogen-bond acceptors (Lipinski definition) is 3. The van der Waals surface area contributed by atoms with Gasteiger partial charge in [-0.1, -0.05) is 31.5 Å². The summed E-state index contributed by atoms with van der Waals surface area (Å²) in [7, 11) is 0. The molecule has 0 aliphatic carbocycles. The highest BCUT2D eigenvalue weighted by Crippen LogP contribution is 2.45. The summed E-state index contributed by atoms with van der Waals surface area (Å²) >= 11 is 6.07. The van der Waals surface area contributed by atoms with E-state index in [1.807, 2.05) is 13.8 Å². The van der Waals surface area contributed by atoms with Crippen LogP contribution in [0.1, 0.15) is 19.4 Å². The molecular formula is C11H13ClN2O. The number of nitrogens with two attached hydrogens (primary N) is 1. The fourth-order valence-electron chi connectivity index (χ4n) is 1.91. The maximum Gasteiger partial charge on any atom is 0.152 e. The van der Waals surface area contributed by atoms with Crippen molar-refractivity contribution in [3.8, 4) is 0 Å². The molecule has 1 aliphatic heterocycles. The van der Waals surface area contributed by atoms with Crippen LogP contribution in [-0.2, 0) is 5.60 Å². The maximum absolute atomic E-state index is 10.5. The molecule has 1 aliphatic rings. The highest BCUT2D eigenvalue weighted by Gasteiger charge is 2.44. The molecule has 0 saturated heterocycles. The van der Waals surface area contributed by atoms with E-state index in [4.69, 9.17) is 17.3 Å². The molecule has 1 aromatic rings. The van der Waals surface area contributed by atoms with Gasteiger partial charge in [0.25, 0.3) is 0 Å². The van der Waals surface area contributed by atoms with Crippen LogP contribution in [0.2, 0.25) is 5.02 Å². The summed E-state index contributed by atoms with van der Waals surface area (Å²) in [4.78, 5) is 4.15. The molecule has 3 nitrogen and oxygen atoms in total. The van der Waals surface area contributed by atoms with Crippen molar-refractivity contribution < 1.29 is 5.11 Å². The number of hydrogen-bond donors (Lipinski definition) is 2. The van der Waals surface area contributed by atoms with E-state index in [1.54, 1.807) is 18.2 Å². The van der Waals surface area contributed by atoms with Gasteiger partial charge >= 0.3 is 0 Å². The summed E-state index contributed by atoms with van der Waals surface area (Å²) in [5.41, 5.74) is 5.83. The van der Waals surface area contributed by atoms with E-state index in [0.717, 1.165) is 0 Å². The predicted octanol–water partition coefficient (Wildman–Crippen LogP) is 2.19. The zero-order chi connectivity index (χ0) is 11.2. The largest absolute Gasteiger partial charge is 0.384 e. The standard InChI is InChI=1S/C11H13ClN2O/c1-6(2)11(15)9-7(12)4-3-5-8(9)14-10(11)13/h3-6,15H,1-2H3,(H2,13,14). The maximum atomic E-state index is 10.5. The number of aliphatic hydroxyl groups is 1. The van der Waals surface area contributed by atoms with Gasteiger partial charge in [0.2, 0.25) is 0 Å². The lowest BCUT2D eigenvalue weighted by Crippen LogP contribution is -2.43. The first-order chi connectivity index (χ1) is 6.98. The number of fused-ring (bicyclic) bond motifs is 1. The first kappa shape index (κ1) is 10.5. The normalized spacial score (nSPS) is 24.2. The highest BCUT2D eigenvalue weighted by molar-refractivity contribution is 6.32. The van der Waals surface area contributed by atoms with Crippen molar-refractivity contribution in [1.29, 1.82) is 0 Å². The number of aliphatic imine (C=N–C) groups is 1. The van der Waals surface area contributed by atoms with Gasteiger partial charge in [-0.2, -0.15) is 0 Å². The van der Waals surface area contributed by atoms with Gasteiger partial charge in [0.05, 0.1) is 5.69 Å². The molecule has 1 aromatic carbocycles. The Labute approximate surface area is 93.6 Å². The molecule has 2 rings (SSSR count). The Hall–Kier alpha value is -1.06. The van der Waals surface area contributed by atoms with Gasteiger partial charge in [-0.25, -0.2) is 4.99 Å². The summed E-state index contributed by atoms with van der Waals surface area (Å²) in [6.45, 7) is 3.78. The second-order valence-corrected chi connectivity index (χ2v) is 4.46. The number of amidine groups is 1. The van der Waals surface area contributed by atoms with E-state index in [2.05, 4.69) is 4.99 Å². The van der Waals surface area contributed by atoms with Gasteiger partial charge < -0.3 is 10.8 Å². The highest BCUT2D eigenvalue weighted by atomic mass is 35.5. The smallest absolute Gasteiger partial charge is 0.152 e. The Balaban J connectivity index is 2.70. The van der Waals surface area contributed by atoms with E-state index in [9.17, 15) is 5.11 Å². The van der Waals surface area contributed by atoms with Crippen molar-refractivity contribution in [3.63, 3.8) is 0 Å². The van der Waals surface area contributed by atoms with E-state index < -0.39 is 5.60 Å². The average Bonchev–Trinajstić information content (AvgIpc) is 2.41. The third kappa shape index (κ3) is 1.27. The van der Waals surface area contributed by atoms with Crippen LogP contribution in [0.5, 0.6) is 0 Å². The van der Waals surface area contributed by atoms with Gasteiger partial charge in [0.1, 0.15) is 5.84 Å². The van der Waals surface area contributed by atoms with Crippen molar-refractivity contribution in [1.82, 2.24) is 0 Å². The summed E-state index contributed by atoms with van der Waals surface area (Å²) in [6.07, 6.45) is 0. The van der Waals surface area contributed by atoms with Gasteiger partial charge in [0, 0.05) is 10.6 Å². The van der Waals surface area contributed by atoms with Gasteiger partial charge in [0.15, 0.2) is 5.60 Å². The minimum atomic E-state index is -1.23. The third-order valence-corrected chi connectivity index (χ3v) is 3.15. The number of rotatable bonds is 1. The van der Waals surface area contributed by atoms with E-state index in [1.165, 1.54) is 0 Å². The Morgan fingerprint density at radius 3 is 2.73 bits per heavy atom. The van der Waals surface area contributed by atoms with Crippen molar-refractivity contribution in [2.45, 2.75) is 19.4 Å². The molecule has 0 radical (unpaired) electrons. The van der Waals surface area contributed by atoms with Crippen LogP contribution in [0, 0.1) is 5.92 Å². The van der Waals surface area contributed by atoms with Crippen LogP contribution in [0.25, 0.3) is 0 Å². The first-order valence-electron chi connectivity index (χ1n) is 4.84. The lowest BCUT2D eigenvalue weighted by Gasteiger charge is -2.28. The fraction of sp³-hybridized carbons (Fsp3) is 0.364. The molecule has 15 heavy (non-hydrogen) atoms. The predicted molar refractivity (Wildman–Crippen MR) is 61.5 cm³/mol. The summed E-state index contributed by atoms with van der Waals surface area (Å²) in [6, 6.07) is 5.33. The zero-order valence-corrected chi connectivity index (χ0v) is 9.42. The van der Waals surface area contributed by atoms with Crippen molar-refractivity contribution in [2.24, 2.45) is 16.6 Å². The molecule has 4 heteroatoms. The van der Waals surface area contributed by atoms with Crippen molar-refractivity contribution >= 4 is 23.1 Å². The topological polar surface area (TPSA) is 58.6 Å². The quantitative estimate of drug-likeness (QED) is 0.768. The molecule has 3 N–H and O–H groups in total. The first-order valence-corrected chi connectivity index (χ1v) is 5.21. The molecule has 1 heterocycles. The minimum Gasteiger partial charge on any atom is -0.384 e. The molecule has 0 aromatic heterocycles. The van der Waals surface area contributed by atoms with E-state index in [-0.39, 0.29) is 11.8 Å². The third-order valence-electron chi connectivity index (χ3n) is 2.84. The van der Waals surface area contributed by atoms with Gasteiger partial charge in [-0.15, -0.1) is 0 Å². The molecule has 0 bridgehead atoms. The lowest BCUT2D eigenvalue weighted by atomic mass is 9.83. The number of nitrogens with zero attached hydrogens (tertiary/aromatic N) is 1. The van der Waals surface area contributed by atoms with E-state index in [0.29, 0.717) is 16.3 Å². The van der Waals surface area contributed by atoms with Gasteiger partial charge in [-0.05, 0) is 18.1 Å². The van der Waals surface area contributed by atoms with Crippen LogP contribution in [-0.4, -0.2) is 10.9 Å². The fourth-order valence-corrected chi connectivity index (χ4v) is 2.22. The SMILES string of the molecule is CC(C)C1(O)C(N)=Nc2cccc(Cl)c21. The Morgan fingerprint density at radius 2 is 2.13 bits per heavy atom. The Bertz CT molecular complexity index is 442. The molecule has 80 valence electrons. The minimum absolute atomic E-state index is 0.0672. The number of benzene rings is 1. The zero-order valence-electron chi connectivity index (χ0n) is 8.66. The number of halogens is 1. The van der Waals surface area contributed by atoms with Crippen LogP contribution >= 0.6 is 11.6 Å². The van der Waals surface area contributed by atoms with Crippen LogP contribution in [0.15, 0.2) is 23.2 Å². The molecule has 0 spiro atoms. The van der Waals surface area contributed by atoms with E-state index >= 15 is 0 Å². The van der Waals surface area contributed by atoms with Crippen LogP contribution in [0.4, 0.5) is 5.69 Å². The van der Waals surface area contributed by atoms with Crippen molar-refractivity contribution in [2.75, 3.05) is 0 Å². The summed E-state index contributed by atoms with van der Waals surface area (Å²) in [5, 5.41) is 11.0. The molecule has 0 amide bonds. The Kier molecular flexibility index (Phi) is 2.24.